The molecule has 3 nitrogen and oxygen atoms in total. The van der Waals surface area contributed by atoms with Crippen molar-refractivity contribution >= 4 is 22.9 Å². The molecule has 2 rings (SSSR count). The third kappa shape index (κ3) is 3.95. The van der Waals surface area contributed by atoms with Crippen molar-refractivity contribution in [1.82, 2.24) is 4.98 Å². The van der Waals surface area contributed by atoms with Gasteiger partial charge in [0.05, 0.1) is 16.8 Å². The number of ether oxygens (including phenoxy) is 1. The van der Waals surface area contributed by atoms with E-state index in [-0.39, 0.29) is 0 Å². The van der Waals surface area contributed by atoms with Crippen LogP contribution in [0, 0.1) is 0 Å². The van der Waals surface area contributed by atoms with Crippen LogP contribution in [0.15, 0.2) is 23.6 Å². The molecule has 1 aromatic heterocycles. The molecule has 1 atom stereocenters. The van der Waals surface area contributed by atoms with Gasteiger partial charge in [-0.15, -0.1) is 11.3 Å². The molecular weight excluding hydrogens is 294 g/mol. The van der Waals surface area contributed by atoms with Gasteiger partial charge in [-0.05, 0) is 38.0 Å². The summed E-state index contributed by atoms with van der Waals surface area (Å²) in [4.78, 5) is 4.51. The van der Waals surface area contributed by atoms with Crippen LogP contribution in [0.2, 0.25) is 5.02 Å². The van der Waals surface area contributed by atoms with Gasteiger partial charge in [-0.25, -0.2) is 4.98 Å². The molecule has 0 radical (unpaired) electrons. The lowest BCUT2D eigenvalue weighted by Gasteiger charge is -2.13. The molecular formula is C15H18ClNO2S. The molecule has 1 aromatic carbocycles. The second kappa shape index (κ2) is 7.07. The number of halogens is 1. The average molecular weight is 312 g/mol. The Morgan fingerprint density at radius 1 is 1.45 bits per heavy atom. The van der Waals surface area contributed by atoms with Gasteiger partial charge in [0.1, 0.15) is 12.4 Å². The van der Waals surface area contributed by atoms with Crippen LogP contribution in [-0.2, 0) is 13.0 Å². The molecule has 0 amide bonds. The number of aryl methyl sites for hydroxylation is 1. The predicted molar refractivity (Wildman–Crippen MR) is 82.5 cm³/mol. The Labute approximate surface area is 128 Å². The summed E-state index contributed by atoms with van der Waals surface area (Å²) in [5.74, 6) is 0.648. The molecule has 20 heavy (non-hydrogen) atoms. The highest BCUT2D eigenvalue weighted by Crippen LogP contribution is 2.29. The van der Waals surface area contributed by atoms with Crippen LogP contribution in [0.25, 0.3) is 0 Å². The van der Waals surface area contributed by atoms with E-state index >= 15 is 0 Å². The lowest BCUT2D eigenvalue weighted by atomic mass is 10.1. The summed E-state index contributed by atoms with van der Waals surface area (Å²) in [6, 6.07) is 5.27. The van der Waals surface area contributed by atoms with Crippen molar-refractivity contribution in [1.29, 1.82) is 0 Å². The van der Waals surface area contributed by atoms with E-state index in [9.17, 15) is 5.11 Å². The lowest BCUT2D eigenvalue weighted by Crippen LogP contribution is -2.01. The molecule has 5 heteroatoms. The number of hydrogen-bond donors (Lipinski definition) is 1. The Kier molecular flexibility index (Phi) is 5.40. The molecule has 0 spiro atoms. The van der Waals surface area contributed by atoms with Gasteiger partial charge in [-0.1, -0.05) is 18.5 Å². The first-order valence-corrected chi connectivity index (χ1v) is 7.89. The second-order valence-electron chi connectivity index (χ2n) is 4.63. The molecule has 0 fully saturated rings. The molecule has 0 saturated heterocycles. The van der Waals surface area contributed by atoms with E-state index in [0.29, 0.717) is 22.9 Å². The molecule has 0 aliphatic carbocycles. The Bertz CT molecular complexity index is 569. The fourth-order valence-corrected chi connectivity index (χ4v) is 2.94. The summed E-state index contributed by atoms with van der Waals surface area (Å²) in [5, 5.41) is 13.5. The zero-order valence-electron chi connectivity index (χ0n) is 11.6. The van der Waals surface area contributed by atoms with Crippen LogP contribution in [0.3, 0.4) is 0 Å². The highest BCUT2D eigenvalue weighted by Gasteiger charge is 2.11. The van der Waals surface area contributed by atoms with E-state index in [0.717, 1.165) is 23.5 Å². The third-order valence-electron chi connectivity index (χ3n) is 2.86. The van der Waals surface area contributed by atoms with Crippen LogP contribution in [-0.4, -0.2) is 10.1 Å². The summed E-state index contributed by atoms with van der Waals surface area (Å²) < 4.78 is 5.76. The van der Waals surface area contributed by atoms with Crippen molar-refractivity contribution in [3.63, 3.8) is 0 Å². The van der Waals surface area contributed by atoms with Crippen LogP contribution in [0.1, 0.15) is 42.6 Å². The van der Waals surface area contributed by atoms with E-state index in [2.05, 4.69) is 11.9 Å². The number of aliphatic hydroxyl groups excluding tert-OH is 1. The fraction of sp³-hybridized carbons (Fsp3) is 0.400. The standard InChI is InChI=1S/C15H18ClNO2S/c1-3-4-15-17-12(9-20-15)8-19-14-6-5-11(16)7-13(14)10(2)18/h5-7,9-10,18H,3-4,8H2,1-2H3. The summed E-state index contributed by atoms with van der Waals surface area (Å²) in [6.07, 6.45) is 1.48. The smallest absolute Gasteiger partial charge is 0.131 e. The Morgan fingerprint density at radius 2 is 2.25 bits per heavy atom. The monoisotopic (exact) mass is 311 g/mol. The van der Waals surface area contributed by atoms with Gasteiger partial charge in [-0.3, -0.25) is 0 Å². The summed E-state index contributed by atoms with van der Waals surface area (Å²) in [6.45, 7) is 4.24. The summed E-state index contributed by atoms with van der Waals surface area (Å²) >= 11 is 7.60. The number of aliphatic hydroxyl groups is 1. The van der Waals surface area contributed by atoms with Crippen molar-refractivity contribution in [3.05, 3.63) is 44.9 Å². The maximum Gasteiger partial charge on any atom is 0.131 e. The molecule has 2 aromatic rings. The van der Waals surface area contributed by atoms with E-state index < -0.39 is 6.10 Å². The maximum atomic E-state index is 9.75. The van der Waals surface area contributed by atoms with Gasteiger partial charge in [0.2, 0.25) is 0 Å². The Hall–Kier alpha value is -1.10. The van der Waals surface area contributed by atoms with Gasteiger partial charge < -0.3 is 9.84 Å². The highest BCUT2D eigenvalue weighted by atomic mass is 35.5. The third-order valence-corrected chi connectivity index (χ3v) is 4.05. The van der Waals surface area contributed by atoms with Crippen LogP contribution in [0.4, 0.5) is 0 Å². The molecule has 0 aliphatic rings. The first kappa shape index (κ1) is 15.3. The SMILES string of the molecule is CCCc1nc(COc2ccc(Cl)cc2C(C)O)cs1. The topological polar surface area (TPSA) is 42.4 Å². The van der Waals surface area contributed by atoms with Gasteiger partial charge in [-0.2, -0.15) is 0 Å². The Morgan fingerprint density at radius 3 is 2.95 bits per heavy atom. The minimum absolute atomic E-state index is 0.404. The number of aromatic nitrogens is 1. The van der Waals surface area contributed by atoms with Crippen LogP contribution < -0.4 is 4.74 Å². The number of hydrogen-bond acceptors (Lipinski definition) is 4. The fourth-order valence-electron chi connectivity index (χ4n) is 1.87. The second-order valence-corrected chi connectivity index (χ2v) is 6.01. The van der Waals surface area contributed by atoms with Gasteiger partial charge in [0, 0.05) is 16.0 Å². The van der Waals surface area contributed by atoms with Crippen molar-refractivity contribution in [3.8, 4) is 5.75 Å². The lowest BCUT2D eigenvalue weighted by molar-refractivity contribution is 0.190. The Balaban J connectivity index is 2.06. The summed E-state index contributed by atoms with van der Waals surface area (Å²) in [7, 11) is 0. The average Bonchev–Trinajstić information content (AvgIpc) is 2.85. The minimum Gasteiger partial charge on any atom is -0.487 e. The van der Waals surface area contributed by atoms with Gasteiger partial charge in [0.25, 0.3) is 0 Å². The highest BCUT2D eigenvalue weighted by molar-refractivity contribution is 7.09. The van der Waals surface area contributed by atoms with E-state index in [4.69, 9.17) is 16.3 Å². The van der Waals surface area contributed by atoms with Gasteiger partial charge in [0.15, 0.2) is 0 Å². The molecule has 1 heterocycles. The molecule has 0 bridgehead atoms. The normalized spacial score (nSPS) is 12.4. The molecule has 0 saturated carbocycles. The summed E-state index contributed by atoms with van der Waals surface area (Å²) in [5.41, 5.74) is 1.62. The maximum absolute atomic E-state index is 9.75. The first-order valence-electron chi connectivity index (χ1n) is 6.63. The zero-order chi connectivity index (χ0) is 14.5. The minimum atomic E-state index is -0.616. The van der Waals surface area contributed by atoms with Crippen molar-refractivity contribution in [2.45, 2.75) is 39.4 Å². The molecule has 1 N–H and O–H groups in total. The largest absolute Gasteiger partial charge is 0.487 e. The molecule has 108 valence electrons. The predicted octanol–water partition coefficient (Wildman–Crippen LogP) is 4.38. The van der Waals surface area contributed by atoms with Crippen LogP contribution >= 0.6 is 22.9 Å². The van der Waals surface area contributed by atoms with E-state index in [1.165, 1.54) is 0 Å². The first-order chi connectivity index (χ1) is 9.60. The number of benzene rings is 1. The van der Waals surface area contributed by atoms with E-state index in [1.54, 1.807) is 36.5 Å². The number of thiazole rings is 1. The van der Waals surface area contributed by atoms with Crippen LogP contribution in [0.5, 0.6) is 5.75 Å². The quantitative estimate of drug-likeness (QED) is 0.860. The molecule has 0 aliphatic heterocycles. The zero-order valence-corrected chi connectivity index (χ0v) is 13.2. The number of nitrogens with zero attached hydrogens (tertiary/aromatic N) is 1. The van der Waals surface area contributed by atoms with E-state index in [1.807, 2.05) is 5.38 Å². The van der Waals surface area contributed by atoms with Crippen molar-refractivity contribution in [2.24, 2.45) is 0 Å². The molecule has 1 unspecified atom stereocenters. The number of rotatable bonds is 6. The van der Waals surface area contributed by atoms with Crippen molar-refractivity contribution < 1.29 is 9.84 Å². The van der Waals surface area contributed by atoms with Gasteiger partial charge >= 0.3 is 0 Å². The van der Waals surface area contributed by atoms with Crippen molar-refractivity contribution in [2.75, 3.05) is 0 Å².